The third kappa shape index (κ3) is 5.80. The number of guanidine groups is 1. The van der Waals surface area contributed by atoms with Gasteiger partial charge < -0.3 is 30.3 Å². The van der Waals surface area contributed by atoms with Crippen LogP contribution in [0.1, 0.15) is 43.9 Å². The quantitative estimate of drug-likeness (QED) is 0.280. The standard InChI is InChI=1S/C26H34N4O5/c1-15(2)21-9-17-10-24(35-8-6-7-34-5)18(16(3)13-29-26(27)28-4)11-19(17)22-12-23(31)20(25(32)33)14-30(21)22/h10-15,21,23,31H,4,6-9H2,1-3,5H3,(H2,27,29)(H,32,33)/b16-13+. The summed E-state index contributed by atoms with van der Waals surface area (Å²) in [6.07, 6.45) is 5.02. The van der Waals surface area contributed by atoms with Gasteiger partial charge in [-0.25, -0.2) is 14.8 Å². The molecule has 0 aromatic heterocycles. The van der Waals surface area contributed by atoms with E-state index in [4.69, 9.17) is 15.2 Å². The first-order chi connectivity index (χ1) is 16.7. The van der Waals surface area contributed by atoms with Crippen molar-refractivity contribution in [1.29, 1.82) is 0 Å². The van der Waals surface area contributed by atoms with Gasteiger partial charge >= 0.3 is 5.97 Å². The molecule has 2 aliphatic heterocycles. The summed E-state index contributed by atoms with van der Waals surface area (Å²) in [6, 6.07) is 4.06. The number of aliphatic hydroxyl groups is 1. The number of allylic oxidation sites excluding steroid dienone is 1. The summed E-state index contributed by atoms with van der Waals surface area (Å²) < 4.78 is 11.3. The second-order valence-electron chi connectivity index (χ2n) is 8.97. The van der Waals surface area contributed by atoms with Crippen LogP contribution in [0.15, 0.2) is 46.2 Å². The molecule has 2 atom stereocenters. The summed E-state index contributed by atoms with van der Waals surface area (Å²) in [5, 5.41) is 20.1. The number of aliphatic carboxylic acids is 1. The Morgan fingerprint density at radius 2 is 2.11 bits per heavy atom. The maximum Gasteiger partial charge on any atom is 0.336 e. The van der Waals surface area contributed by atoms with Crippen molar-refractivity contribution in [2.45, 2.75) is 45.8 Å². The van der Waals surface area contributed by atoms with Gasteiger partial charge in [0.25, 0.3) is 0 Å². The van der Waals surface area contributed by atoms with Crippen LogP contribution in [-0.2, 0) is 16.0 Å². The zero-order chi connectivity index (χ0) is 25.7. The molecule has 188 valence electrons. The number of aliphatic hydroxyl groups excluding tert-OH is 1. The Balaban J connectivity index is 2.14. The van der Waals surface area contributed by atoms with Gasteiger partial charge in [-0.3, -0.25) is 0 Å². The number of hydrogen-bond donors (Lipinski definition) is 3. The number of aliphatic imine (C=N–C) groups is 2. The number of benzene rings is 1. The van der Waals surface area contributed by atoms with E-state index < -0.39 is 12.1 Å². The summed E-state index contributed by atoms with van der Waals surface area (Å²) in [6.45, 7) is 10.6. The third-order valence-electron chi connectivity index (χ3n) is 6.20. The fourth-order valence-corrected chi connectivity index (χ4v) is 4.30. The van der Waals surface area contributed by atoms with Gasteiger partial charge in [0.05, 0.1) is 12.2 Å². The average molecular weight is 483 g/mol. The van der Waals surface area contributed by atoms with Gasteiger partial charge in [-0.1, -0.05) is 13.8 Å². The molecule has 35 heavy (non-hydrogen) atoms. The van der Waals surface area contributed by atoms with Gasteiger partial charge in [0.1, 0.15) is 11.9 Å². The predicted octanol–water partition coefficient (Wildman–Crippen LogP) is 3.04. The number of fused-ring (bicyclic) bond motifs is 3. The Morgan fingerprint density at radius 1 is 1.37 bits per heavy atom. The lowest BCUT2D eigenvalue weighted by Crippen LogP contribution is -2.42. The minimum absolute atomic E-state index is 0.0301. The van der Waals surface area contributed by atoms with Gasteiger partial charge in [-0.2, -0.15) is 0 Å². The molecule has 0 aliphatic carbocycles. The summed E-state index contributed by atoms with van der Waals surface area (Å²) in [4.78, 5) is 21.4. The predicted molar refractivity (Wildman–Crippen MR) is 137 cm³/mol. The minimum Gasteiger partial charge on any atom is -0.493 e. The highest BCUT2D eigenvalue weighted by Gasteiger charge is 2.36. The topological polar surface area (TPSA) is 130 Å². The van der Waals surface area contributed by atoms with Crippen molar-refractivity contribution in [3.8, 4) is 5.75 Å². The molecule has 0 spiro atoms. The van der Waals surface area contributed by atoms with E-state index in [0.29, 0.717) is 25.4 Å². The number of ether oxygens (including phenoxy) is 2. The highest BCUT2D eigenvalue weighted by molar-refractivity contribution is 5.91. The first kappa shape index (κ1) is 26.2. The molecule has 9 heteroatoms. The molecule has 2 aliphatic rings. The molecule has 3 rings (SSSR count). The molecule has 1 aromatic rings. The van der Waals surface area contributed by atoms with Crippen molar-refractivity contribution in [2.24, 2.45) is 21.6 Å². The number of nitrogens with two attached hydrogens (primary N) is 1. The van der Waals surface area contributed by atoms with Crippen LogP contribution in [0.5, 0.6) is 5.75 Å². The van der Waals surface area contributed by atoms with Crippen molar-refractivity contribution >= 4 is 29.9 Å². The molecule has 0 radical (unpaired) electrons. The number of carboxylic acids is 1. The van der Waals surface area contributed by atoms with Gasteiger partial charge in [0.15, 0.2) is 0 Å². The number of hydrogen-bond acceptors (Lipinski definition) is 6. The Morgan fingerprint density at radius 3 is 2.74 bits per heavy atom. The zero-order valence-corrected chi connectivity index (χ0v) is 20.7. The van der Waals surface area contributed by atoms with Crippen LogP contribution >= 0.6 is 0 Å². The van der Waals surface area contributed by atoms with Gasteiger partial charge in [-0.05, 0) is 55.3 Å². The Kier molecular flexibility index (Phi) is 8.48. The lowest BCUT2D eigenvalue weighted by atomic mass is 9.83. The molecular formula is C26H34N4O5. The fourth-order valence-electron chi connectivity index (χ4n) is 4.30. The fraction of sp³-hybridized carbons (Fsp3) is 0.423. The molecule has 4 N–H and O–H groups in total. The molecule has 0 saturated carbocycles. The first-order valence-corrected chi connectivity index (χ1v) is 11.6. The van der Waals surface area contributed by atoms with Gasteiger partial charge in [0, 0.05) is 55.4 Å². The summed E-state index contributed by atoms with van der Waals surface area (Å²) in [7, 11) is 1.65. The second kappa shape index (κ2) is 11.3. The highest BCUT2D eigenvalue weighted by atomic mass is 16.5. The van der Waals surface area contributed by atoms with Crippen LogP contribution in [0, 0.1) is 5.92 Å². The van der Waals surface area contributed by atoms with Crippen molar-refractivity contribution in [1.82, 2.24) is 4.90 Å². The SMILES string of the molecule is C=NC(N)=N/C=C(\C)c1cc2c(cc1OCCCOC)CC(C(C)C)N1C=C(C(=O)O)C(O)C=C21. The second-order valence-corrected chi connectivity index (χ2v) is 8.97. The van der Waals surface area contributed by atoms with Crippen molar-refractivity contribution < 1.29 is 24.5 Å². The van der Waals surface area contributed by atoms with Crippen LogP contribution in [-0.4, -0.2) is 66.2 Å². The Hall–Kier alpha value is -3.43. The van der Waals surface area contributed by atoms with E-state index in [1.54, 1.807) is 25.6 Å². The molecular weight excluding hydrogens is 448 g/mol. The summed E-state index contributed by atoms with van der Waals surface area (Å²) in [5.74, 6) is -0.125. The zero-order valence-electron chi connectivity index (χ0n) is 20.7. The number of nitrogens with zero attached hydrogens (tertiary/aromatic N) is 3. The lowest BCUT2D eigenvalue weighted by molar-refractivity contribution is -0.133. The maximum atomic E-state index is 11.7. The Labute approximate surface area is 206 Å². The van der Waals surface area contributed by atoms with Crippen LogP contribution in [0.25, 0.3) is 11.3 Å². The molecule has 0 fully saturated rings. The van der Waals surface area contributed by atoms with Crippen molar-refractivity contribution in [2.75, 3.05) is 20.3 Å². The van der Waals surface area contributed by atoms with Crippen LogP contribution < -0.4 is 10.5 Å². The molecule has 1 aromatic carbocycles. The molecule has 2 unspecified atom stereocenters. The number of methoxy groups -OCH3 is 1. The normalized spacial score (nSPS) is 20.1. The summed E-state index contributed by atoms with van der Waals surface area (Å²) in [5.41, 5.74) is 10.0. The molecule has 0 saturated heterocycles. The molecule has 9 nitrogen and oxygen atoms in total. The number of carbonyl (C=O) groups is 1. The lowest BCUT2D eigenvalue weighted by Gasteiger charge is -2.43. The van der Waals surface area contributed by atoms with E-state index in [9.17, 15) is 15.0 Å². The van der Waals surface area contributed by atoms with E-state index in [2.05, 4.69) is 30.5 Å². The van der Waals surface area contributed by atoms with Crippen molar-refractivity contribution in [3.63, 3.8) is 0 Å². The van der Waals surface area contributed by atoms with Crippen LogP contribution in [0.2, 0.25) is 0 Å². The first-order valence-electron chi connectivity index (χ1n) is 11.6. The molecule has 2 heterocycles. The van der Waals surface area contributed by atoms with Crippen LogP contribution in [0.3, 0.4) is 0 Å². The number of rotatable bonds is 9. The van der Waals surface area contributed by atoms with Gasteiger partial charge in [0.2, 0.25) is 5.96 Å². The maximum absolute atomic E-state index is 11.7. The number of carboxylic acid groups (broad SMARTS) is 1. The third-order valence-corrected chi connectivity index (χ3v) is 6.20. The van der Waals surface area contributed by atoms with E-state index in [-0.39, 0.29) is 23.5 Å². The monoisotopic (exact) mass is 482 g/mol. The highest BCUT2D eigenvalue weighted by Crippen LogP contribution is 2.42. The van der Waals surface area contributed by atoms with E-state index in [1.165, 1.54) is 0 Å². The van der Waals surface area contributed by atoms with Gasteiger partial charge in [-0.15, -0.1) is 0 Å². The largest absolute Gasteiger partial charge is 0.493 e. The summed E-state index contributed by atoms with van der Waals surface area (Å²) >= 11 is 0. The smallest absolute Gasteiger partial charge is 0.336 e. The van der Waals surface area contributed by atoms with E-state index in [0.717, 1.165) is 34.4 Å². The Bertz CT molecular complexity index is 1100. The molecule has 0 amide bonds. The van der Waals surface area contributed by atoms with E-state index >= 15 is 0 Å². The minimum atomic E-state index is -1.20. The van der Waals surface area contributed by atoms with E-state index in [1.807, 2.05) is 24.0 Å². The van der Waals surface area contributed by atoms with Crippen molar-refractivity contribution in [3.05, 3.63) is 52.9 Å². The van der Waals surface area contributed by atoms with Crippen LogP contribution in [0.4, 0.5) is 0 Å². The molecule has 0 bridgehead atoms. The average Bonchev–Trinajstić information content (AvgIpc) is 2.83.